The first-order valence-electron chi connectivity index (χ1n) is 9.28. The molecule has 6 nitrogen and oxygen atoms in total. The number of aryl methyl sites for hydroxylation is 1. The maximum absolute atomic E-state index is 15.4. The zero-order valence-electron chi connectivity index (χ0n) is 16.2. The molecular formula is C21H21BrClFN2O4. The number of benzene rings is 2. The lowest BCUT2D eigenvalue weighted by Crippen LogP contribution is -2.18. The van der Waals surface area contributed by atoms with E-state index in [9.17, 15) is 9.90 Å². The van der Waals surface area contributed by atoms with E-state index in [2.05, 4.69) is 20.9 Å². The van der Waals surface area contributed by atoms with E-state index in [-0.39, 0.29) is 49.3 Å². The summed E-state index contributed by atoms with van der Waals surface area (Å²) < 4.78 is 23.1. The smallest absolute Gasteiger partial charge is 0.188 e. The fourth-order valence-electron chi connectivity index (χ4n) is 3.09. The molecule has 0 saturated carbocycles. The monoisotopic (exact) mass is 498 g/mol. The van der Waals surface area contributed by atoms with Crippen LogP contribution in [0.1, 0.15) is 27.9 Å². The number of rotatable bonds is 9. The van der Waals surface area contributed by atoms with Gasteiger partial charge in [0.15, 0.2) is 11.6 Å². The van der Waals surface area contributed by atoms with Crippen LogP contribution in [-0.2, 0) is 18.2 Å². The maximum atomic E-state index is 15.4. The standard InChI is InChI=1S/C21H21BrClFN2O4/c1-26-11-25-21-18(26)8-15(19(29)10-30-5-4-14(28)9-27)16(20(21)24)6-12-2-3-13(22)7-17(12)23/h2-3,7-8,11,14,27-28H,4-6,9-10H2,1H3. The zero-order valence-corrected chi connectivity index (χ0v) is 18.6. The molecule has 0 radical (unpaired) electrons. The van der Waals surface area contributed by atoms with Gasteiger partial charge in [-0.05, 0) is 30.2 Å². The number of carbonyl (C=O) groups excluding carboxylic acids is 1. The Labute approximate surface area is 186 Å². The normalized spacial score (nSPS) is 12.5. The molecule has 0 fully saturated rings. The van der Waals surface area contributed by atoms with E-state index in [1.54, 1.807) is 35.9 Å². The number of imidazole rings is 1. The second kappa shape index (κ2) is 9.98. The first-order valence-corrected chi connectivity index (χ1v) is 10.4. The van der Waals surface area contributed by atoms with Crippen molar-refractivity contribution in [2.75, 3.05) is 19.8 Å². The molecule has 0 amide bonds. The molecule has 9 heteroatoms. The van der Waals surface area contributed by atoms with E-state index in [0.29, 0.717) is 16.1 Å². The largest absolute Gasteiger partial charge is 0.394 e. The number of aliphatic hydroxyl groups is 2. The Morgan fingerprint density at radius 2 is 2.17 bits per heavy atom. The number of fused-ring (bicyclic) bond motifs is 1. The lowest BCUT2D eigenvalue weighted by atomic mass is 9.95. The first-order chi connectivity index (χ1) is 14.3. The molecule has 0 saturated heterocycles. The molecule has 0 aliphatic rings. The van der Waals surface area contributed by atoms with Crippen LogP contribution in [0.15, 0.2) is 35.1 Å². The highest BCUT2D eigenvalue weighted by molar-refractivity contribution is 9.10. The van der Waals surface area contributed by atoms with E-state index in [1.807, 2.05) is 0 Å². The van der Waals surface area contributed by atoms with Gasteiger partial charge >= 0.3 is 0 Å². The number of Topliss-reactive ketones (excluding diaryl/α,β-unsaturated/α-hetero) is 1. The summed E-state index contributed by atoms with van der Waals surface area (Å²) in [5.41, 5.74) is 1.76. The second-order valence-electron chi connectivity index (χ2n) is 6.95. The van der Waals surface area contributed by atoms with E-state index in [0.717, 1.165) is 4.47 Å². The summed E-state index contributed by atoms with van der Waals surface area (Å²) in [6.45, 7) is -0.558. The lowest BCUT2D eigenvalue weighted by molar-refractivity contribution is 0.0453. The van der Waals surface area contributed by atoms with Crippen LogP contribution in [0, 0.1) is 5.82 Å². The summed E-state index contributed by atoms with van der Waals surface area (Å²) in [5.74, 6) is -0.954. The number of halogens is 3. The van der Waals surface area contributed by atoms with Gasteiger partial charge in [-0.3, -0.25) is 4.79 Å². The molecule has 1 atom stereocenters. The van der Waals surface area contributed by atoms with Gasteiger partial charge in [-0.25, -0.2) is 9.37 Å². The molecule has 0 bridgehead atoms. The van der Waals surface area contributed by atoms with E-state index < -0.39 is 17.7 Å². The van der Waals surface area contributed by atoms with Crippen LogP contribution in [0.4, 0.5) is 4.39 Å². The Bertz CT molecular complexity index is 1070. The third kappa shape index (κ3) is 5.07. The topological polar surface area (TPSA) is 84.6 Å². The van der Waals surface area contributed by atoms with Crippen molar-refractivity contribution in [1.29, 1.82) is 0 Å². The fraction of sp³-hybridized carbons (Fsp3) is 0.333. The zero-order chi connectivity index (χ0) is 21.8. The Hall–Kier alpha value is -1.84. The van der Waals surface area contributed by atoms with Crippen molar-refractivity contribution in [3.8, 4) is 0 Å². The van der Waals surface area contributed by atoms with Crippen LogP contribution in [0.3, 0.4) is 0 Å². The number of nitrogens with zero attached hydrogens (tertiary/aromatic N) is 2. The van der Waals surface area contributed by atoms with Crippen LogP contribution in [0.2, 0.25) is 5.02 Å². The third-order valence-corrected chi connectivity index (χ3v) is 5.63. The summed E-state index contributed by atoms with van der Waals surface area (Å²) in [6.07, 6.45) is 0.902. The number of ketones is 1. The number of hydrogen-bond donors (Lipinski definition) is 2. The predicted octanol–water partition coefficient (Wildman–Crippen LogP) is 3.66. The first kappa shape index (κ1) is 22.8. The lowest BCUT2D eigenvalue weighted by Gasteiger charge is -2.13. The minimum Gasteiger partial charge on any atom is -0.394 e. The fourth-order valence-corrected chi connectivity index (χ4v) is 3.83. The van der Waals surface area contributed by atoms with Crippen LogP contribution >= 0.6 is 27.5 Å². The molecule has 30 heavy (non-hydrogen) atoms. The quantitative estimate of drug-likeness (QED) is 0.347. The number of ether oxygens (including phenoxy) is 1. The number of aromatic nitrogens is 2. The van der Waals surface area contributed by atoms with Gasteiger partial charge in [-0.1, -0.05) is 33.6 Å². The summed E-state index contributed by atoms with van der Waals surface area (Å²) >= 11 is 9.65. The summed E-state index contributed by atoms with van der Waals surface area (Å²) in [7, 11) is 1.72. The molecule has 3 aromatic rings. The highest BCUT2D eigenvalue weighted by atomic mass is 79.9. The van der Waals surface area contributed by atoms with Crippen molar-refractivity contribution in [3.05, 3.63) is 62.6 Å². The van der Waals surface area contributed by atoms with E-state index in [4.69, 9.17) is 21.4 Å². The minimum absolute atomic E-state index is 0.0950. The van der Waals surface area contributed by atoms with Crippen LogP contribution < -0.4 is 0 Å². The number of aliphatic hydroxyl groups excluding tert-OH is 2. The van der Waals surface area contributed by atoms with Gasteiger partial charge in [0.25, 0.3) is 0 Å². The molecule has 0 aliphatic carbocycles. The Morgan fingerprint density at radius 3 is 2.87 bits per heavy atom. The molecule has 1 unspecified atom stereocenters. The van der Waals surface area contributed by atoms with Crippen molar-refractivity contribution in [3.63, 3.8) is 0 Å². The third-order valence-electron chi connectivity index (χ3n) is 4.78. The minimum atomic E-state index is -0.904. The average molecular weight is 500 g/mol. The summed E-state index contributed by atoms with van der Waals surface area (Å²) in [6, 6.07) is 6.90. The van der Waals surface area contributed by atoms with Crippen molar-refractivity contribution >= 4 is 44.3 Å². The van der Waals surface area contributed by atoms with Crippen LogP contribution in [0.5, 0.6) is 0 Å². The Morgan fingerprint density at radius 1 is 1.40 bits per heavy atom. The molecule has 3 rings (SSSR count). The highest BCUT2D eigenvalue weighted by Crippen LogP contribution is 2.29. The molecule has 2 aromatic carbocycles. The molecular weight excluding hydrogens is 479 g/mol. The molecule has 160 valence electrons. The van der Waals surface area contributed by atoms with E-state index in [1.165, 1.54) is 6.33 Å². The maximum Gasteiger partial charge on any atom is 0.188 e. The summed E-state index contributed by atoms with van der Waals surface area (Å²) in [4.78, 5) is 17.0. The van der Waals surface area contributed by atoms with Crippen molar-refractivity contribution in [1.82, 2.24) is 9.55 Å². The van der Waals surface area contributed by atoms with Crippen LogP contribution in [0.25, 0.3) is 11.0 Å². The van der Waals surface area contributed by atoms with Crippen LogP contribution in [-0.4, -0.2) is 51.5 Å². The molecule has 0 aliphatic heterocycles. The Balaban J connectivity index is 1.93. The van der Waals surface area contributed by atoms with Crippen molar-refractivity contribution < 1.29 is 24.1 Å². The average Bonchev–Trinajstić information content (AvgIpc) is 3.09. The number of carbonyl (C=O) groups is 1. The van der Waals surface area contributed by atoms with Gasteiger partial charge in [0.05, 0.1) is 24.6 Å². The summed E-state index contributed by atoms with van der Waals surface area (Å²) in [5, 5.41) is 18.7. The second-order valence-corrected chi connectivity index (χ2v) is 8.28. The van der Waals surface area contributed by atoms with E-state index >= 15 is 4.39 Å². The van der Waals surface area contributed by atoms with Crippen molar-refractivity contribution in [2.45, 2.75) is 18.9 Å². The highest BCUT2D eigenvalue weighted by Gasteiger charge is 2.22. The van der Waals surface area contributed by atoms with Crippen molar-refractivity contribution in [2.24, 2.45) is 7.05 Å². The molecule has 1 aromatic heterocycles. The molecule has 0 spiro atoms. The number of hydrogen-bond acceptors (Lipinski definition) is 5. The van der Waals surface area contributed by atoms with Gasteiger partial charge in [-0.2, -0.15) is 0 Å². The predicted molar refractivity (Wildman–Crippen MR) is 115 cm³/mol. The molecule has 2 N–H and O–H groups in total. The molecule has 1 heterocycles. The van der Waals surface area contributed by atoms with Gasteiger partial charge in [-0.15, -0.1) is 0 Å². The Kier molecular flexibility index (Phi) is 7.60. The van der Waals surface area contributed by atoms with Gasteiger partial charge < -0.3 is 19.5 Å². The van der Waals surface area contributed by atoms with Gasteiger partial charge in [0, 0.05) is 40.7 Å². The SMILES string of the molecule is Cn1cnc2c(F)c(Cc3ccc(Br)cc3Cl)c(C(=O)COCCC(O)CO)cc21. The van der Waals surface area contributed by atoms with Gasteiger partial charge in [0.2, 0.25) is 0 Å². The van der Waals surface area contributed by atoms with Gasteiger partial charge in [0.1, 0.15) is 12.1 Å².